The van der Waals surface area contributed by atoms with Gasteiger partial charge in [0.05, 0.1) is 18.5 Å². The van der Waals surface area contributed by atoms with Crippen molar-refractivity contribution in [1.29, 1.82) is 0 Å². The zero-order chi connectivity index (χ0) is 24.5. The fourth-order valence-corrected chi connectivity index (χ4v) is 5.19. The van der Waals surface area contributed by atoms with E-state index in [-0.39, 0.29) is 11.8 Å². The molecule has 0 spiro atoms. The van der Waals surface area contributed by atoms with Crippen molar-refractivity contribution in [2.24, 2.45) is 0 Å². The maximum absolute atomic E-state index is 6.24. The van der Waals surface area contributed by atoms with Gasteiger partial charge < -0.3 is 19.9 Å². The van der Waals surface area contributed by atoms with Crippen molar-refractivity contribution in [3.05, 3.63) is 88.6 Å². The van der Waals surface area contributed by atoms with Crippen molar-refractivity contribution in [1.82, 2.24) is 19.5 Å². The van der Waals surface area contributed by atoms with E-state index in [4.69, 9.17) is 32.0 Å². The van der Waals surface area contributed by atoms with Crippen molar-refractivity contribution in [2.45, 2.75) is 31.6 Å². The Balaban J connectivity index is 1.66. The number of nitrogens with two attached hydrogens (primary N) is 1. The Morgan fingerprint density at radius 3 is 2.54 bits per heavy atom. The number of halogens is 1. The van der Waals surface area contributed by atoms with E-state index in [1.54, 1.807) is 19.6 Å². The van der Waals surface area contributed by atoms with Crippen LogP contribution in [0.5, 0.6) is 5.75 Å². The number of nitrogen functional groups attached to an aromatic ring is 1. The number of anilines is 2. The number of ether oxygens (including phenoxy) is 1. The number of aromatic nitrogens is 4. The fraction of sp³-hybridized carbons (Fsp3) is 0.296. The predicted octanol–water partition coefficient (Wildman–Crippen LogP) is 5.42. The summed E-state index contributed by atoms with van der Waals surface area (Å²) in [5.41, 5.74) is 11.7. The maximum atomic E-state index is 6.24. The average molecular weight is 489 g/mol. The van der Waals surface area contributed by atoms with Gasteiger partial charge in [-0.05, 0) is 43.0 Å². The minimum absolute atomic E-state index is 0.115. The highest BCUT2D eigenvalue weighted by Gasteiger charge is 2.35. The first-order valence-electron chi connectivity index (χ1n) is 11.8. The van der Waals surface area contributed by atoms with E-state index < -0.39 is 0 Å². The molecule has 2 aromatic carbocycles. The molecule has 180 valence electrons. The van der Waals surface area contributed by atoms with Crippen LogP contribution < -0.4 is 15.4 Å². The molecular formula is C27H29ClN6O. The number of fused-ring (bicyclic) bond motifs is 1. The molecular weight excluding hydrogens is 460 g/mol. The van der Waals surface area contributed by atoms with Gasteiger partial charge in [-0.3, -0.25) is 0 Å². The first-order chi connectivity index (χ1) is 17.0. The molecule has 0 radical (unpaired) electrons. The summed E-state index contributed by atoms with van der Waals surface area (Å²) in [6.07, 6.45) is 5.38. The number of hydrogen-bond donors (Lipinski definition) is 1. The lowest BCUT2D eigenvalue weighted by Gasteiger charge is -2.34. The topological polar surface area (TPSA) is 82.1 Å². The number of benzene rings is 2. The summed E-state index contributed by atoms with van der Waals surface area (Å²) in [5.74, 6) is 2.25. The highest BCUT2D eigenvalue weighted by molar-refractivity contribution is 6.29. The summed E-state index contributed by atoms with van der Waals surface area (Å²) in [7, 11) is 3.74. The predicted molar refractivity (Wildman–Crippen MR) is 140 cm³/mol. The van der Waals surface area contributed by atoms with Gasteiger partial charge in [0.15, 0.2) is 0 Å². The quantitative estimate of drug-likeness (QED) is 0.390. The van der Waals surface area contributed by atoms with Crippen LogP contribution in [-0.2, 0) is 0 Å². The van der Waals surface area contributed by atoms with Gasteiger partial charge in [0, 0.05) is 37.2 Å². The normalized spacial score (nSPS) is 17.1. The van der Waals surface area contributed by atoms with Crippen LogP contribution in [0.4, 0.5) is 11.8 Å². The van der Waals surface area contributed by atoms with Crippen LogP contribution in [0.2, 0.25) is 5.15 Å². The Morgan fingerprint density at radius 2 is 1.86 bits per heavy atom. The first-order valence-corrected chi connectivity index (χ1v) is 12.2. The molecule has 0 fully saturated rings. The molecule has 1 aliphatic rings. The Morgan fingerprint density at radius 1 is 1.09 bits per heavy atom. The average Bonchev–Trinajstić information content (AvgIpc) is 3.33. The fourth-order valence-electron chi connectivity index (χ4n) is 5.05. The van der Waals surface area contributed by atoms with Crippen LogP contribution in [0.3, 0.4) is 0 Å². The van der Waals surface area contributed by atoms with E-state index in [2.05, 4.69) is 66.3 Å². The van der Waals surface area contributed by atoms with Crippen LogP contribution in [0.1, 0.15) is 54.0 Å². The molecule has 35 heavy (non-hydrogen) atoms. The molecule has 0 saturated heterocycles. The Hall–Kier alpha value is -3.58. The number of imidazole rings is 1. The number of rotatable bonds is 6. The lowest BCUT2D eigenvalue weighted by atomic mass is 9.74. The summed E-state index contributed by atoms with van der Waals surface area (Å²) >= 11 is 6.05. The second-order valence-electron chi connectivity index (χ2n) is 8.85. The minimum atomic E-state index is 0.115. The number of hydrogen-bond acceptors (Lipinski definition) is 6. The number of nitrogens with zero attached hydrogens (tertiary/aromatic N) is 5. The lowest BCUT2D eigenvalue weighted by Crippen LogP contribution is -2.27. The zero-order valence-corrected chi connectivity index (χ0v) is 20.9. The Labute approximate surface area is 210 Å². The third-order valence-corrected chi connectivity index (χ3v) is 7.06. The van der Waals surface area contributed by atoms with Gasteiger partial charge in [0.1, 0.15) is 23.0 Å². The molecule has 8 heteroatoms. The molecule has 5 rings (SSSR count). The molecule has 0 saturated carbocycles. The SMILES string of the molecule is CCN(C)c1nc(N)nc2c1C(c1ccc(-n3cnc(Cl)c3)c(OC)c1)CCC2c1ccccc1. The molecule has 2 heterocycles. The van der Waals surface area contributed by atoms with Crippen molar-refractivity contribution in [3.63, 3.8) is 0 Å². The molecule has 7 nitrogen and oxygen atoms in total. The Kier molecular flexibility index (Phi) is 6.34. The smallest absolute Gasteiger partial charge is 0.222 e. The van der Waals surface area contributed by atoms with E-state index >= 15 is 0 Å². The molecule has 4 aromatic rings. The van der Waals surface area contributed by atoms with E-state index in [1.807, 2.05) is 10.6 Å². The highest BCUT2D eigenvalue weighted by Crippen LogP contribution is 2.48. The summed E-state index contributed by atoms with van der Waals surface area (Å²) in [5, 5.41) is 0.436. The summed E-state index contributed by atoms with van der Waals surface area (Å²) in [6, 6.07) is 16.8. The van der Waals surface area contributed by atoms with Gasteiger partial charge in [-0.25, -0.2) is 9.97 Å². The molecule has 0 amide bonds. The van der Waals surface area contributed by atoms with E-state index in [9.17, 15) is 0 Å². The van der Waals surface area contributed by atoms with E-state index in [1.165, 1.54) is 5.56 Å². The third kappa shape index (κ3) is 4.32. The van der Waals surface area contributed by atoms with Gasteiger partial charge in [-0.2, -0.15) is 4.98 Å². The minimum Gasteiger partial charge on any atom is -0.495 e. The first kappa shape index (κ1) is 23.2. The van der Waals surface area contributed by atoms with Crippen molar-refractivity contribution in [2.75, 3.05) is 31.3 Å². The molecule has 2 N–H and O–H groups in total. The van der Waals surface area contributed by atoms with Crippen LogP contribution in [0.15, 0.2) is 61.1 Å². The summed E-state index contributed by atoms with van der Waals surface area (Å²) in [6.45, 7) is 2.93. The van der Waals surface area contributed by atoms with Gasteiger partial charge in [-0.1, -0.05) is 48.0 Å². The Bertz CT molecular complexity index is 1340. The summed E-state index contributed by atoms with van der Waals surface area (Å²) in [4.78, 5) is 15.8. The van der Waals surface area contributed by atoms with Crippen LogP contribution in [0.25, 0.3) is 5.69 Å². The zero-order valence-electron chi connectivity index (χ0n) is 20.1. The van der Waals surface area contributed by atoms with Crippen molar-refractivity contribution < 1.29 is 4.74 Å². The standard InChI is InChI=1S/C27H29ClN6O/c1-4-33(2)26-24-19(18-10-13-21(22(14-18)35-3)34-15-23(28)30-16-34)11-12-20(17-8-6-5-7-9-17)25(24)31-27(29)32-26/h5-10,13-16,19-20H,4,11-12H2,1-3H3,(H2,29,31,32). The van der Waals surface area contributed by atoms with E-state index in [0.717, 1.165) is 53.5 Å². The monoisotopic (exact) mass is 488 g/mol. The van der Waals surface area contributed by atoms with Crippen LogP contribution >= 0.6 is 11.6 Å². The van der Waals surface area contributed by atoms with Crippen molar-refractivity contribution >= 4 is 23.4 Å². The molecule has 2 aromatic heterocycles. The number of methoxy groups -OCH3 is 1. The second-order valence-corrected chi connectivity index (χ2v) is 9.23. The highest BCUT2D eigenvalue weighted by atomic mass is 35.5. The van der Waals surface area contributed by atoms with Crippen LogP contribution in [0, 0.1) is 0 Å². The van der Waals surface area contributed by atoms with Gasteiger partial charge >= 0.3 is 0 Å². The molecule has 0 bridgehead atoms. The summed E-state index contributed by atoms with van der Waals surface area (Å²) < 4.78 is 7.65. The van der Waals surface area contributed by atoms with Crippen molar-refractivity contribution in [3.8, 4) is 11.4 Å². The molecule has 1 aliphatic carbocycles. The van der Waals surface area contributed by atoms with Gasteiger partial charge in [-0.15, -0.1) is 0 Å². The molecule has 0 aliphatic heterocycles. The maximum Gasteiger partial charge on any atom is 0.222 e. The van der Waals surface area contributed by atoms with E-state index in [0.29, 0.717) is 11.1 Å². The third-order valence-electron chi connectivity index (χ3n) is 6.87. The van der Waals surface area contributed by atoms with Gasteiger partial charge in [0.25, 0.3) is 0 Å². The lowest BCUT2D eigenvalue weighted by molar-refractivity contribution is 0.411. The molecule has 2 unspecified atom stereocenters. The largest absolute Gasteiger partial charge is 0.495 e. The molecule has 2 atom stereocenters. The van der Waals surface area contributed by atoms with Crippen LogP contribution in [-0.4, -0.2) is 40.2 Å². The second kappa shape index (κ2) is 9.58. The van der Waals surface area contributed by atoms with Gasteiger partial charge in [0.2, 0.25) is 5.95 Å².